The number of carbonyl (C=O) groups excluding carboxylic acids is 1. The minimum atomic E-state index is -0.193. The topological polar surface area (TPSA) is 51.0 Å². The Morgan fingerprint density at radius 2 is 1.80 bits per heavy atom. The summed E-state index contributed by atoms with van der Waals surface area (Å²) in [6, 6.07) is 16.7. The summed E-state index contributed by atoms with van der Waals surface area (Å²) in [6.45, 7) is 7.92. The van der Waals surface area contributed by atoms with Gasteiger partial charge in [0.2, 0.25) is 5.91 Å². The van der Waals surface area contributed by atoms with Gasteiger partial charge in [0.05, 0.1) is 10.9 Å². The summed E-state index contributed by atoms with van der Waals surface area (Å²) < 4.78 is 2.13. The Balaban J connectivity index is 1.68. The van der Waals surface area contributed by atoms with Gasteiger partial charge in [-0.05, 0) is 50.8 Å². The lowest BCUT2D eigenvalue weighted by Gasteiger charge is -2.20. The Morgan fingerprint density at radius 1 is 1.07 bits per heavy atom. The molecule has 0 aliphatic carbocycles. The second-order valence-electron chi connectivity index (χ2n) is 7.98. The molecule has 2 heterocycles. The molecule has 6 heteroatoms. The second kappa shape index (κ2) is 9.04. The van der Waals surface area contributed by atoms with Crippen LogP contribution >= 0.6 is 11.8 Å². The lowest BCUT2D eigenvalue weighted by Crippen LogP contribution is -2.34. The molecule has 0 radical (unpaired) electrons. The highest BCUT2D eigenvalue weighted by atomic mass is 32.2. The van der Waals surface area contributed by atoms with Crippen LogP contribution < -0.4 is 0 Å². The third-order valence-electron chi connectivity index (χ3n) is 5.55. The van der Waals surface area contributed by atoms with Gasteiger partial charge in [-0.1, -0.05) is 59.8 Å². The number of hydrogen-bond acceptors (Lipinski definition) is 4. The number of carbonyl (C=O) groups is 1. The standard InChI is InChI=1S/C24H28N4OS/c1-17-11-12-21(18(2)15-17)28-22(16-20-9-5-4-6-10-20)25-26-24(28)30-19(3)23(29)27-13-7-8-14-27/h4-6,9-12,15,19H,7-8,13-14,16H2,1-3H3. The van der Waals surface area contributed by atoms with Crippen molar-refractivity contribution < 1.29 is 4.79 Å². The second-order valence-corrected chi connectivity index (χ2v) is 9.29. The van der Waals surface area contributed by atoms with Gasteiger partial charge in [0, 0.05) is 19.5 Å². The Hall–Kier alpha value is -2.60. The number of likely N-dealkylation sites (tertiary alicyclic amines) is 1. The molecule has 1 unspecified atom stereocenters. The Kier molecular flexibility index (Phi) is 6.23. The number of thioether (sulfide) groups is 1. The molecule has 1 aliphatic heterocycles. The van der Waals surface area contributed by atoms with Crippen molar-refractivity contribution in [2.24, 2.45) is 0 Å². The van der Waals surface area contributed by atoms with Crippen molar-refractivity contribution >= 4 is 17.7 Å². The van der Waals surface area contributed by atoms with Crippen LogP contribution in [0.25, 0.3) is 5.69 Å². The minimum absolute atomic E-state index is 0.192. The molecule has 1 saturated heterocycles. The summed E-state index contributed by atoms with van der Waals surface area (Å²) in [6.07, 6.45) is 2.89. The molecule has 0 saturated carbocycles. The van der Waals surface area contributed by atoms with E-state index >= 15 is 0 Å². The minimum Gasteiger partial charge on any atom is -0.342 e. The number of benzene rings is 2. The highest BCUT2D eigenvalue weighted by Crippen LogP contribution is 2.30. The van der Waals surface area contributed by atoms with Crippen molar-refractivity contribution in [3.05, 3.63) is 71.0 Å². The predicted octanol–water partition coefficient (Wildman–Crippen LogP) is 4.58. The van der Waals surface area contributed by atoms with Crippen LogP contribution in [0.1, 0.15) is 42.3 Å². The van der Waals surface area contributed by atoms with Crippen LogP contribution in [-0.2, 0) is 11.2 Å². The summed E-state index contributed by atoms with van der Waals surface area (Å²) in [4.78, 5) is 14.8. The number of aromatic nitrogens is 3. The zero-order chi connectivity index (χ0) is 21.1. The summed E-state index contributed by atoms with van der Waals surface area (Å²) in [7, 11) is 0. The van der Waals surface area contributed by atoms with E-state index in [9.17, 15) is 4.79 Å². The van der Waals surface area contributed by atoms with Gasteiger partial charge >= 0.3 is 0 Å². The molecule has 4 rings (SSSR count). The average molecular weight is 421 g/mol. The molecule has 2 aromatic carbocycles. The molecule has 3 aromatic rings. The molecule has 1 fully saturated rings. The molecule has 1 aliphatic rings. The van der Waals surface area contributed by atoms with Crippen LogP contribution in [0, 0.1) is 13.8 Å². The summed E-state index contributed by atoms with van der Waals surface area (Å²) >= 11 is 1.50. The summed E-state index contributed by atoms with van der Waals surface area (Å²) in [5.41, 5.74) is 4.65. The van der Waals surface area contributed by atoms with Gasteiger partial charge in [-0.25, -0.2) is 0 Å². The van der Waals surface area contributed by atoms with Crippen molar-refractivity contribution in [2.45, 2.75) is 50.4 Å². The normalized spacial score (nSPS) is 14.8. The van der Waals surface area contributed by atoms with E-state index in [1.807, 2.05) is 30.0 Å². The van der Waals surface area contributed by atoms with E-state index in [4.69, 9.17) is 0 Å². The number of nitrogens with zero attached hydrogens (tertiary/aromatic N) is 4. The quantitative estimate of drug-likeness (QED) is 0.548. The maximum absolute atomic E-state index is 12.9. The maximum atomic E-state index is 12.9. The SMILES string of the molecule is Cc1ccc(-n2c(Cc3ccccc3)nnc2SC(C)C(=O)N2CCCC2)c(C)c1. The monoisotopic (exact) mass is 420 g/mol. The first kappa shape index (κ1) is 20.7. The number of rotatable bonds is 6. The van der Waals surface area contributed by atoms with E-state index in [-0.39, 0.29) is 11.2 Å². The smallest absolute Gasteiger partial charge is 0.235 e. The largest absolute Gasteiger partial charge is 0.342 e. The number of amides is 1. The van der Waals surface area contributed by atoms with Gasteiger partial charge in [-0.2, -0.15) is 0 Å². The molecular formula is C24H28N4OS. The fourth-order valence-corrected chi connectivity index (χ4v) is 4.93. The van der Waals surface area contributed by atoms with Crippen LogP contribution in [0.3, 0.4) is 0 Å². The zero-order valence-electron chi connectivity index (χ0n) is 17.8. The first-order valence-electron chi connectivity index (χ1n) is 10.5. The Labute approximate surface area is 182 Å². The molecule has 0 spiro atoms. The third kappa shape index (κ3) is 4.43. The van der Waals surface area contributed by atoms with Crippen LogP contribution in [0.15, 0.2) is 53.7 Å². The van der Waals surface area contributed by atoms with E-state index < -0.39 is 0 Å². The molecule has 1 amide bonds. The van der Waals surface area contributed by atoms with Crippen LogP contribution in [0.2, 0.25) is 0 Å². The number of aryl methyl sites for hydroxylation is 2. The van der Waals surface area contributed by atoms with E-state index in [2.05, 4.69) is 58.9 Å². The Morgan fingerprint density at radius 3 is 2.50 bits per heavy atom. The highest BCUT2D eigenvalue weighted by Gasteiger charge is 2.27. The lowest BCUT2D eigenvalue weighted by molar-refractivity contribution is -0.129. The van der Waals surface area contributed by atoms with Crippen LogP contribution in [-0.4, -0.2) is 43.9 Å². The van der Waals surface area contributed by atoms with Crippen molar-refractivity contribution in [3.63, 3.8) is 0 Å². The molecule has 1 aromatic heterocycles. The summed E-state index contributed by atoms with van der Waals surface area (Å²) in [5.74, 6) is 1.08. The fourth-order valence-electron chi connectivity index (χ4n) is 3.97. The van der Waals surface area contributed by atoms with Crippen molar-refractivity contribution in [1.82, 2.24) is 19.7 Å². The van der Waals surface area contributed by atoms with Crippen molar-refractivity contribution in [1.29, 1.82) is 0 Å². The zero-order valence-corrected chi connectivity index (χ0v) is 18.7. The van der Waals surface area contributed by atoms with Gasteiger partial charge in [0.15, 0.2) is 5.16 Å². The van der Waals surface area contributed by atoms with Crippen LogP contribution in [0.5, 0.6) is 0 Å². The molecular weight excluding hydrogens is 392 g/mol. The van der Waals surface area contributed by atoms with Gasteiger partial charge in [0.1, 0.15) is 5.82 Å². The molecule has 1 atom stereocenters. The van der Waals surface area contributed by atoms with Crippen molar-refractivity contribution in [2.75, 3.05) is 13.1 Å². The van der Waals surface area contributed by atoms with Gasteiger partial charge in [-0.15, -0.1) is 10.2 Å². The maximum Gasteiger partial charge on any atom is 0.235 e. The molecule has 0 bridgehead atoms. The lowest BCUT2D eigenvalue weighted by atomic mass is 10.1. The highest BCUT2D eigenvalue weighted by molar-refractivity contribution is 8.00. The first-order chi connectivity index (χ1) is 14.5. The van der Waals surface area contributed by atoms with Gasteiger partial charge in [-0.3, -0.25) is 9.36 Å². The fraction of sp³-hybridized carbons (Fsp3) is 0.375. The van der Waals surface area contributed by atoms with Crippen LogP contribution in [0.4, 0.5) is 0 Å². The summed E-state index contributed by atoms with van der Waals surface area (Å²) in [5, 5.41) is 9.61. The van der Waals surface area contributed by atoms with E-state index in [0.717, 1.165) is 42.6 Å². The molecule has 156 valence electrons. The first-order valence-corrected chi connectivity index (χ1v) is 11.4. The number of hydrogen-bond donors (Lipinski definition) is 0. The Bertz CT molecular complexity index is 1020. The predicted molar refractivity (Wildman–Crippen MR) is 121 cm³/mol. The molecule has 30 heavy (non-hydrogen) atoms. The van der Waals surface area contributed by atoms with E-state index in [1.165, 1.54) is 28.5 Å². The van der Waals surface area contributed by atoms with E-state index in [1.54, 1.807) is 0 Å². The molecule has 5 nitrogen and oxygen atoms in total. The van der Waals surface area contributed by atoms with Crippen molar-refractivity contribution in [3.8, 4) is 5.69 Å². The third-order valence-corrected chi connectivity index (χ3v) is 6.58. The van der Waals surface area contributed by atoms with Gasteiger partial charge in [0.25, 0.3) is 0 Å². The average Bonchev–Trinajstić information content (AvgIpc) is 3.39. The van der Waals surface area contributed by atoms with E-state index in [0.29, 0.717) is 6.42 Å². The molecule has 0 N–H and O–H groups in total. The van der Waals surface area contributed by atoms with Gasteiger partial charge < -0.3 is 4.90 Å².